The van der Waals surface area contributed by atoms with Crippen LogP contribution in [0.15, 0.2) is 30.6 Å². The van der Waals surface area contributed by atoms with Gasteiger partial charge in [-0.05, 0) is 45.6 Å². The van der Waals surface area contributed by atoms with Gasteiger partial charge in [0.2, 0.25) is 5.95 Å². The van der Waals surface area contributed by atoms with Gasteiger partial charge in [0.05, 0.1) is 32.6 Å². The van der Waals surface area contributed by atoms with Gasteiger partial charge in [-0.15, -0.1) is 17.3 Å². The maximum absolute atomic E-state index is 16.5. The zero-order chi connectivity index (χ0) is 32.9. The molecule has 234 valence electrons. The molecule has 0 amide bonds. The highest BCUT2D eigenvalue weighted by Gasteiger charge is 2.42. The Bertz CT molecular complexity index is 2120. The van der Waals surface area contributed by atoms with Gasteiger partial charge >= 0.3 is 0 Å². The number of halogens is 2. The van der Waals surface area contributed by atoms with Crippen LogP contribution in [-0.2, 0) is 0 Å². The molecule has 13 heteroatoms. The third kappa shape index (κ3) is 5.07. The molecule has 1 atom stereocenters. The van der Waals surface area contributed by atoms with Crippen molar-refractivity contribution in [2.75, 3.05) is 55.4 Å². The quantitative estimate of drug-likeness (QED) is 0.200. The van der Waals surface area contributed by atoms with E-state index >= 15 is 4.39 Å². The minimum absolute atomic E-state index is 0.0732. The van der Waals surface area contributed by atoms with E-state index in [1.165, 1.54) is 24.4 Å². The Morgan fingerprint density at radius 1 is 1.13 bits per heavy atom. The van der Waals surface area contributed by atoms with Gasteiger partial charge in [0.25, 0.3) is 0 Å². The fourth-order valence-electron chi connectivity index (χ4n) is 5.80. The first-order valence-electron chi connectivity index (χ1n) is 14.6. The van der Waals surface area contributed by atoms with Crippen molar-refractivity contribution in [2.24, 2.45) is 0 Å². The molecule has 10 nitrogen and oxygen atoms in total. The number of likely N-dealkylation sites (N-methyl/N-ethyl adjacent to an activating group) is 1. The second kappa shape index (κ2) is 11.7. The average molecular weight is 639 g/mol. The number of nitrogens with one attached hydrogen (secondary N) is 1. The molecule has 0 bridgehead atoms. The van der Waals surface area contributed by atoms with Crippen LogP contribution in [0.1, 0.15) is 43.5 Å². The molecule has 46 heavy (non-hydrogen) atoms. The molecule has 0 aliphatic carbocycles. The van der Waals surface area contributed by atoms with Crippen LogP contribution in [0.3, 0.4) is 0 Å². The van der Waals surface area contributed by atoms with Crippen molar-refractivity contribution in [1.82, 2.24) is 24.8 Å². The monoisotopic (exact) mass is 638 g/mol. The van der Waals surface area contributed by atoms with E-state index in [0.717, 1.165) is 11.3 Å². The number of anilines is 4. The minimum atomic E-state index is -0.624. The number of hydrogen-bond acceptors (Lipinski definition) is 11. The number of nitrogens with zero attached hydrogens (tertiary/aromatic N) is 7. The van der Waals surface area contributed by atoms with Crippen LogP contribution in [0.25, 0.3) is 32.1 Å². The maximum Gasteiger partial charge on any atom is 0.228 e. The lowest BCUT2D eigenvalue weighted by molar-refractivity contribution is 0.132. The van der Waals surface area contributed by atoms with Crippen LogP contribution in [0.2, 0.25) is 0 Å². The van der Waals surface area contributed by atoms with Gasteiger partial charge in [0.1, 0.15) is 34.3 Å². The van der Waals surface area contributed by atoms with Gasteiger partial charge in [-0.2, -0.15) is 10.2 Å². The molecule has 0 radical (unpaired) electrons. The van der Waals surface area contributed by atoms with Crippen molar-refractivity contribution >= 4 is 54.9 Å². The van der Waals surface area contributed by atoms with Crippen LogP contribution < -0.4 is 21.7 Å². The molecule has 3 aromatic heterocycles. The number of benzene rings is 2. The third-order valence-electron chi connectivity index (χ3n) is 8.60. The summed E-state index contributed by atoms with van der Waals surface area (Å²) in [6.45, 7) is 7.51. The topological polar surface area (TPSA) is 146 Å². The van der Waals surface area contributed by atoms with Crippen molar-refractivity contribution in [1.29, 1.82) is 5.26 Å². The predicted octanol–water partition coefficient (Wildman–Crippen LogP) is 5.34. The highest BCUT2D eigenvalue weighted by atomic mass is 32.1. The van der Waals surface area contributed by atoms with E-state index in [1.807, 2.05) is 21.0 Å². The lowest BCUT2D eigenvalue weighted by Crippen LogP contribution is -2.67. The number of nitrogens with two attached hydrogens (primary N) is 2. The molecule has 1 fully saturated rings. The summed E-state index contributed by atoms with van der Waals surface area (Å²) < 4.78 is 31.6. The molecule has 1 aliphatic heterocycles. The standard InChI is InChI=1S/C33H32F2N10S/c1-6-7-19-24(18-8-9-22(34)28-25(18)21(13-36)30(38)46-28)23(35)12-20-27(19)42-32(45-15-33(3,16-45)44(4)5)43-31(20)41-14-17(2)26-29(37)40-11-10-39-26/h8-12,17H,14-16,38H2,1-5H3,(H2,37,40)(H,41,42,43)/t17-/m0/s1. The van der Waals surface area contributed by atoms with E-state index in [4.69, 9.17) is 21.4 Å². The molecule has 1 saturated heterocycles. The van der Waals surface area contributed by atoms with E-state index in [1.54, 1.807) is 13.1 Å². The number of thiophene rings is 1. The van der Waals surface area contributed by atoms with E-state index in [9.17, 15) is 9.65 Å². The molecule has 0 saturated carbocycles. The number of nitrogen functional groups attached to an aromatic ring is 2. The van der Waals surface area contributed by atoms with Crippen molar-refractivity contribution in [3.63, 3.8) is 0 Å². The van der Waals surface area contributed by atoms with Gasteiger partial charge < -0.3 is 26.6 Å². The van der Waals surface area contributed by atoms with Crippen LogP contribution >= 0.6 is 11.3 Å². The Morgan fingerprint density at radius 2 is 1.87 bits per heavy atom. The minimum Gasteiger partial charge on any atom is -0.389 e. The summed E-state index contributed by atoms with van der Waals surface area (Å²) in [5.41, 5.74) is 14.0. The summed E-state index contributed by atoms with van der Waals surface area (Å²) >= 11 is 0.954. The number of rotatable bonds is 7. The molecular formula is C33H32F2N10S. The summed E-state index contributed by atoms with van der Waals surface area (Å²) in [7, 11) is 4.07. The third-order valence-corrected chi connectivity index (χ3v) is 9.63. The van der Waals surface area contributed by atoms with E-state index in [2.05, 4.69) is 49.9 Å². The summed E-state index contributed by atoms with van der Waals surface area (Å²) in [4.78, 5) is 22.6. The van der Waals surface area contributed by atoms with Crippen molar-refractivity contribution in [3.05, 3.63) is 59.0 Å². The van der Waals surface area contributed by atoms with E-state index in [-0.39, 0.29) is 37.7 Å². The normalized spacial score (nSPS) is 14.5. The predicted molar refractivity (Wildman–Crippen MR) is 180 cm³/mol. The van der Waals surface area contributed by atoms with Crippen LogP contribution in [0, 0.1) is 34.8 Å². The Labute approximate surface area is 269 Å². The molecular weight excluding hydrogens is 606 g/mol. The van der Waals surface area contributed by atoms with Crippen molar-refractivity contribution < 1.29 is 8.78 Å². The second-order valence-corrected chi connectivity index (χ2v) is 12.9. The van der Waals surface area contributed by atoms with Gasteiger partial charge in [0, 0.05) is 54.3 Å². The first-order chi connectivity index (χ1) is 22.0. The Hall–Kier alpha value is -5.11. The number of fused-ring (bicyclic) bond motifs is 2. The summed E-state index contributed by atoms with van der Waals surface area (Å²) in [5, 5.41) is 14.1. The maximum atomic E-state index is 16.5. The van der Waals surface area contributed by atoms with Crippen molar-refractivity contribution in [2.45, 2.75) is 32.2 Å². The first-order valence-corrected chi connectivity index (χ1v) is 15.4. The zero-order valence-corrected chi connectivity index (χ0v) is 26.9. The number of nitriles is 1. The lowest BCUT2D eigenvalue weighted by Gasteiger charge is -2.51. The largest absolute Gasteiger partial charge is 0.389 e. The molecule has 5 aromatic rings. The first kappa shape index (κ1) is 30.9. The molecule has 5 N–H and O–H groups in total. The van der Waals surface area contributed by atoms with E-state index in [0.29, 0.717) is 64.9 Å². The number of aromatic nitrogens is 4. The SMILES string of the molecule is CC#Cc1c(-c2ccc(F)c3sc(N)c(C#N)c23)c(F)cc2c(NC[C@H](C)c3nccnc3N)nc(N3CC(C)(N(C)C)C3)nc12. The highest BCUT2D eigenvalue weighted by molar-refractivity contribution is 7.23. The van der Waals surface area contributed by atoms with Gasteiger partial charge in [0.15, 0.2) is 0 Å². The number of hydrogen-bond donors (Lipinski definition) is 3. The Kier molecular flexibility index (Phi) is 7.84. The highest BCUT2D eigenvalue weighted by Crippen LogP contribution is 2.44. The van der Waals surface area contributed by atoms with Crippen LogP contribution in [0.5, 0.6) is 0 Å². The fraction of sp³-hybridized carbons (Fsp3) is 0.303. The summed E-state index contributed by atoms with van der Waals surface area (Å²) in [6.07, 6.45) is 3.12. The van der Waals surface area contributed by atoms with Crippen LogP contribution in [-0.4, -0.2) is 64.1 Å². The molecule has 1 aliphatic rings. The van der Waals surface area contributed by atoms with Crippen molar-refractivity contribution in [3.8, 4) is 29.0 Å². The fourth-order valence-corrected chi connectivity index (χ4v) is 6.75. The molecule has 0 spiro atoms. The average Bonchev–Trinajstić information content (AvgIpc) is 3.36. The zero-order valence-electron chi connectivity index (χ0n) is 26.0. The second-order valence-electron chi connectivity index (χ2n) is 11.9. The molecule has 2 aromatic carbocycles. The lowest BCUT2D eigenvalue weighted by atomic mass is 9.91. The van der Waals surface area contributed by atoms with Gasteiger partial charge in [-0.3, -0.25) is 4.98 Å². The van der Waals surface area contributed by atoms with Crippen LogP contribution in [0.4, 0.5) is 31.4 Å². The van der Waals surface area contributed by atoms with Gasteiger partial charge in [-0.25, -0.2) is 18.7 Å². The summed E-state index contributed by atoms with van der Waals surface area (Å²) in [5.74, 6) is 5.86. The smallest absolute Gasteiger partial charge is 0.228 e. The van der Waals surface area contributed by atoms with Gasteiger partial charge in [-0.1, -0.05) is 18.9 Å². The van der Waals surface area contributed by atoms with E-state index < -0.39 is 11.6 Å². The Balaban J connectivity index is 1.57. The molecule has 0 unspecified atom stereocenters. The molecule has 4 heterocycles. The Morgan fingerprint density at radius 3 is 2.54 bits per heavy atom. The summed E-state index contributed by atoms with van der Waals surface area (Å²) in [6, 6.07) is 6.14. The molecule has 6 rings (SSSR count).